The van der Waals surface area contributed by atoms with Crippen molar-refractivity contribution in [1.82, 2.24) is 0 Å². The first-order valence-electron chi connectivity index (χ1n) is 29.3. The zero-order chi connectivity index (χ0) is 40.7. The molecule has 11 unspecified atom stereocenters. The lowest BCUT2D eigenvalue weighted by Gasteiger charge is -2.50. The number of fused-ring (bicyclic) bond motifs is 6. The van der Waals surface area contributed by atoms with Gasteiger partial charge in [0.05, 0.1) is 0 Å². The van der Waals surface area contributed by atoms with Crippen molar-refractivity contribution >= 4 is 10.8 Å². The first-order chi connectivity index (χ1) is 30.8. The average molecular weight is 835 g/mol. The molecule has 11 aliphatic carbocycles. The van der Waals surface area contributed by atoms with E-state index >= 15 is 0 Å². The monoisotopic (exact) mass is 835 g/mol. The largest absolute Gasteiger partial charge is 0.0613 e. The first-order valence-corrected chi connectivity index (χ1v) is 29.3. The second-order valence-corrected chi connectivity index (χ2v) is 26.0. The van der Waals surface area contributed by atoms with Crippen LogP contribution in [0.4, 0.5) is 0 Å². The first kappa shape index (κ1) is 40.9. The van der Waals surface area contributed by atoms with Gasteiger partial charge in [0.1, 0.15) is 0 Å². The van der Waals surface area contributed by atoms with E-state index in [-0.39, 0.29) is 0 Å². The highest BCUT2D eigenvalue weighted by atomic mass is 14.7. The van der Waals surface area contributed by atoms with Gasteiger partial charge in [-0.25, -0.2) is 0 Å². The minimum Gasteiger partial charge on any atom is -0.0613 e. The van der Waals surface area contributed by atoms with Crippen LogP contribution in [0.2, 0.25) is 0 Å². The Morgan fingerprint density at radius 1 is 0.355 bits per heavy atom. The van der Waals surface area contributed by atoms with E-state index in [1.807, 2.05) is 11.1 Å². The Morgan fingerprint density at radius 2 is 0.742 bits per heavy atom. The summed E-state index contributed by atoms with van der Waals surface area (Å²) in [5, 5.41) is 3.33. The molecule has 62 heavy (non-hydrogen) atoms. The highest BCUT2D eigenvalue weighted by Crippen LogP contribution is 2.75. The van der Waals surface area contributed by atoms with Gasteiger partial charge in [0, 0.05) is 0 Å². The van der Waals surface area contributed by atoms with E-state index in [1.54, 1.807) is 171 Å². The minimum atomic E-state index is 0.802. The maximum absolute atomic E-state index is 2.72. The lowest BCUT2D eigenvalue weighted by molar-refractivity contribution is -0.0111. The number of hydrogen-bond acceptors (Lipinski definition) is 0. The average Bonchev–Trinajstić information content (AvgIpc) is 4.06. The number of benzene rings is 2. The maximum Gasteiger partial charge on any atom is -0.00499 e. The van der Waals surface area contributed by atoms with Gasteiger partial charge in [-0.15, -0.1) is 0 Å². The van der Waals surface area contributed by atoms with Crippen LogP contribution in [-0.2, 0) is 0 Å². The topological polar surface area (TPSA) is 0 Å². The third kappa shape index (κ3) is 6.71. The van der Waals surface area contributed by atoms with Crippen molar-refractivity contribution in [2.75, 3.05) is 0 Å². The molecule has 0 N–H and O–H groups in total. The summed E-state index contributed by atoms with van der Waals surface area (Å²) in [7, 11) is 0. The smallest absolute Gasteiger partial charge is 0.00499 e. The van der Waals surface area contributed by atoms with Crippen LogP contribution in [-0.4, -0.2) is 0 Å². The Morgan fingerprint density at radius 3 is 1.19 bits per heavy atom. The summed E-state index contributed by atoms with van der Waals surface area (Å²) >= 11 is 0. The predicted molar refractivity (Wildman–Crippen MR) is 260 cm³/mol. The van der Waals surface area contributed by atoms with Gasteiger partial charge in [-0.2, -0.15) is 0 Å². The summed E-state index contributed by atoms with van der Waals surface area (Å²) in [6.45, 7) is 0. The Labute approximate surface area is 380 Å². The SMILES string of the molecule is c1cc2c3c(cccc3c1)C1C2C(C2CCCCC2)C(C(CC2C(C3CCCCC3)C3C4CCCC5CCCC(C54)C3C2C2CCCCC2)C2CCCCC2)C1C1CCCCC1. The molecule has 0 heteroatoms. The van der Waals surface area contributed by atoms with Gasteiger partial charge < -0.3 is 0 Å². The molecule has 0 aromatic heterocycles. The van der Waals surface area contributed by atoms with Crippen molar-refractivity contribution in [3.63, 3.8) is 0 Å². The standard InChI is InChI=1S/C62H90/c1-6-20-39(21-7-1)50(62-56(44-26-12-4-13-27-44)60-48-36-18-32-41-33-19-37-49(53(41)48)61(60)57(62)45-28-14-5-15-29-45)38-51-54(42-22-8-2-9-23-42)58-46-34-16-30-40-31-17-35-47(52(40)46)59(58)55(51)43-24-10-3-11-25-43/h18-19,32-33,36-37,39-40,42-47,50-52,54-62H,1-17,20-31,34-35,38H2. The Balaban J connectivity index is 0.978. The molecule has 0 saturated heterocycles. The van der Waals surface area contributed by atoms with Crippen LogP contribution in [0.3, 0.4) is 0 Å². The van der Waals surface area contributed by atoms with Gasteiger partial charge in [0.2, 0.25) is 0 Å². The third-order valence-corrected chi connectivity index (χ3v) is 23.9. The third-order valence-electron chi connectivity index (χ3n) is 23.9. The van der Waals surface area contributed by atoms with E-state index in [0.717, 1.165) is 118 Å². The fourth-order valence-electron chi connectivity index (χ4n) is 22.6. The maximum atomic E-state index is 2.72. The second-order valence-electron chi connectivity index (χ2n) is 26.0. The summed E-state index contributed by atoms with van der Waals surface area (Å²) in [6.07, 6.45) is 50.3. The van der Waals surface area contributed by atoms with Gasteiger partial charge in [-0.3, -0.25) is 0 Å². The minimum absolute atomic E-state index is 0.802. The summed E-state index contributed by atoms with van der Waals surface area (Å²) in [6, 6.07) is 15.5. The highest BCUT2D eigenvalue weighted by Gasteiger charge is 2.68. The van der Waals surface area contributed by atoms with Gasteiger partial charge in [0.25, 0.3) is 0 Å². The molecule has 2 aromatic carbocycles. The molecule has 10 fully saturated rings. The van der Waals surface area contributed by atoms with Gasteiger partial charge in [-0.1, -0.05) is 223 Å². The predicted octanol–water partition coefficient (Wildman–Crippen LogP) is 17.7. The van der Waals surface area contributed by atoms with E-state index < -0.39 is 0 Å². The molecule has 0 aliphatic heterocycles. The number of rotatable bonds is 8. The van der Waals surface area contributed by atoms with Crippen LogP contribution in [0.5, 0.6) is 0 Å². The van der Waals surface area contributed by atoms with E-state index in [4.69, 9.17) is 0 Å². The van der Waals surface area contributed by atoms with Crippen molar-refractivity contribution in [3.8, 4) is 0 Å². The molecule has 0 spiro atoms. The Bertz CT molecular complexity index is 1710. The van der Waals surface area contributed by atoms with E-state index in [1.165, 1.54) is 44.9 Å². The molecule has 0 radical (unpaired) electrons. The van der Waals surface area contributed by atoms with E-state index in [9.17, 15) is 0 Å². The van der Waals surface area contributed by atoms with E-state index in [0.29, 0.717) is 0 Å². The van der Waals surface area contributed by atoms with Gasteiger partial charge in [-0.05, 0) is 160 Å². The molecular formula is C62H90. The van der Waals surface area contributed by atoms with Crippen LogP contribution in [0, 0.1) is 107 Å². The fraction of sp³-hybridized carbons (Fsp3) is 0.839. The molecule has 2 aromatic rings. The lowest BCUT2D eigenvalue weighted by atomic mass is 9.55. The molecule has 0 amide bonds. The molecule has 11 atom stereocenters. The van der Waals surface area contributed by atoms with Crippen LogP contribution < -0.4 is 0 Å². The quantitative estimate of drug-likeness (QED) is 0.249. The zero-order valence-corrected chi connectivity index (χ0v) is 39.6. The lowest BCUT2D eigenvalue weighted by Crippen LogP contribution is -2.43. The molecule has 11 aliphatic rings. The molecule has 0 bridgehead atoms. The summed E-state index contributed by atoms with van der Waals surface area (Å²) < 4.78 is 0. The number of hydrogen-bond donors (Lipinski definition) is 0. The van der Waals surface area contributed by atoms with Crippen molar-refractivity contribution in [1.29, 1.82) is 0 Å². The second kappa shape index (κ2) is 17.4. The molecule has 0 heterocycles. The Hall–Kier alpha value is -1.30. The van der Waals surface area contributed by atoms with Crippen molar-refractivity contribution in [2.24, 2.45) is 107 Å². The van der Waals surface area contributed by atoms with Crippen molar-refractivity contribution < 1.29 is 0 Å². The van der Waals surface area contributed by atoms with Crippen LogP contribution in [0.15, 0.2) is 36.4 Å². The summed E-state index contributed by atoms with van der Waals surface area (Å²) in [5.41, 5.74) is 3.71. The molecule has 0 nitrogen and oxygen atoms in total. The van der Waals surface area contributed by atoms with Crippen LogP contribution in [0.25, 0.3) is 10.8 Å². The normalized spacial score (nSPS) is 43.7. The molecule has 10 saturated carbocycles. The van der Waals surface area contributed by atoms with Crippen molar-refractivity contribution in [3.05, 3.63) is 47.5 Å². The summed E-state index contributed by atoms with van der Waals surface area (Å²) in [5.74, 6) is 20.5. The Kier molecular flexibility index (Phi) is 11.5. The van der Waals surface area contributed by atoms with Crippen LogP contribution in [0.1, 0.15) is 228 Å². The van der Waals surface area contributed by atoms with Crippen molar-refractivity contribution in [2.45, 2.75) is 217 Å². The zero-order valence-electron chi connectivity index (χ0n) is 39.6. The fourth-order valence-corrected chi connectivity index (χ4v) is 22.6. The molecule has 338 valence electrons. The van der Waals surface area contributed by atoms with E-state index in [2.05, 4.69) is 36.4 Å². The molecular weight excluding hydrogens is 745 g/mol. The molecule has 13 rings (SSSR count). The van der Waals surface area contributed by atoms with Gasteiger partial charge in [0.15, 0.2) is 0 Å². The summed E-state index contributed by atoms with van der Waals surface area (Å²) in [4.78, 5) is 0. The van der Waals surface area contributed by atoms with Crippen LogP contribution >= 0.6 is 0 Å². The highest BCUT2D eigenvalue weighted by molar-refractivity contribution is 5.92. The van der Waals surface area contributed by atoms with Gasteiger partial charge >= 0.3 is 0 Å².